The van der Waals surface area contributed by atoms with E-state index in [-0.39, 0.29) is 12.5 Å². The number of carboxylic acids is 1. The number of aliphatic carboxylic acids is 1. The molecule has 0 heterocycles. The average molecular weight is 215 g/mol. The summed E-state index contributed by atoms with van der Waals surface area (Å²) < 4.78 is 5.34. The molecular weight excluding hydrogens is 204 g/mol. The number of hydrogen-bond acceptors (Lipinski definition) is 2. The van der Waals surface area contributed by atoms with E-state index in [1.54, 1.807) is 31.2 Å². The molecule has 0 aliphatic carbocycles. The standard InChI is InChI=1S/C10H11ClO3/c1-7(6-10(12)13)14-9-5-3-2-4-8(9)11/h2-5,7H,6H2,1H3,(H,12,13)/t7-/m0/s1. The smallest absolute Gasteiger partial charge is 0.307 e. The van der Waals surface area contributed by atoms with Crippen molar-refractivity contribution < 1.29 is 14.6 Å². The van der Waals surface area contributed by atoms with Crippen molar-refractivity contribution in [3.8, 4) is 5.75 Å². The lowest BCUT2D eigenvalue weighted by Crippen LogP contribution is -2.16. The lowest BCUT2D eigenvalue weighted by Gasteiger charge is -2.13. The lowest BCUT2D eigenvalue weighted by atomic mass is 10.3. The van der Waals surface area contributed by atoms with E-state index in [0.717, 1.165) is 0 Å². The van der Waals surface area contributed by atoms with Gasteiger partial charge >= 0.3 is 5.97 Å². The quantitative estimate of drug-likeness (QED) is 0.838. The molecule has 4 heteroatoms. The van der Waals surface area contributed by atoms with Gasteiger partial charge in [-0.1, -0.05) is 23.7 Å². The van der Waals surface area contributed by atoms with Gasteiger partial charge in [0.05, 0.1) is 11.4 Å². The summed E-state index contributed by atoms with van der Waals surface area (Å²) >= 11 is 5.83. The maximum Gasteiger partial charge on any atom is 0.307 e. The fourth-order valence-electron chi connectivity index (χ4n) is 1.04. The van der Waals surface area contributed by atoms with Gasteiger partial charge in [0.15, 0.2) is 0 Å². The highest BCUT2D eigenvalue weighted by Gasteiger charge is 2.10. The van der Waals surface area contributed by atoms with E-state index in [9.17, 15) is 4.79 Å². The summed E-state index contributed by atoms with van der Waals surface area (Å²) in [6.45, 7) is 1.69. The molecule has 0 bridgehead atoms. The molecule has 0 amide bonds. The first-order chi connectivity index (χ1) is 6.59. The molecule has 14 heavy (non-hydrogen) atoms. The van der Waals surface area contributed by atoms with Crippen LogP contribution in [0, 0.1) is 0 Å². The Hall–Kier alpha value is -1.22. The van der Waals surface area contributed by atoms with Gasteiger partial charge in [-0.25, -0.2) is 0 Å². The fraction of sp³-hybridized carbons (Fsp3) is 0.300. The summed E-state index contributed by atoms with van der Waals surface area (Å²) in [5.41, 5.74) is 0. The van der Waals surface area contributed by atoms with Crippen molar-refractivity contribution in [3.63, 3.8) is 0 Å². The maximum absolute atomic E-state index is 10.4. The molecule has 0 unspecified atom stereocenters. The van der Waals surface area contributed by atoms with Crippen LogP contribution >= 0.6 is 11.6 Å². The number of carboxylic acid groups (broad SMARTS) is 1. The van der Waals surface area contributed by atoms with Gasteiger partial charge in [0.2, 0.25) is 0 Å². The van der Waals surface area contributed by atoms with Crippen LogP contribution in [0.3, 0.4) is 0 Å². The van der Waals surface area contributed by atoms with E-state index in [2.05, 4.69) is 0 Å². The van der Waals surface area contributed by atoms with Gasteiger partial charge < -0.3 is 9.84 Å². The molecule has 0 fully saturated rings. The van der Waals surface area contributed by atoms with Crippen molar-refractivity contribution in [1.29, 1.82) is 0 Å². The van der Waals surface area contributed by atoms with Gasteiger partial charge in [-0.3, -0.25) is 4.79 Å². The summed E-state index contributed by atoms with van der Waals surface area (Å²) in [6.07, 6.45) is -0.419. The fourth-order valence-corrected chi connectivity index (χ4v) is 1.22. The topological polar surface area (TPSA) is 46.5 Å². The molecule has 1 aromatic rings. The molecule has 1 aromatic carbocycles. The van der Waals surface area contributed by atoms with E-state index >= 15 is 0 Å². The van der Waals surface area contributed by atoms with Crippen molar-refractivity contribution in [1.82, 2.24) is 0 Å². The second kappa shape index (κ2) is 4.86. The predicted octanol–water partition coefficient (Wildman–Crippen LogP) is 2.58. The molecule has 0 saturated carbocycles. The van der Waals surface area contributed by atoms with Crippen LogP contribution in [0.5, 0.6) is 5.75 Å². The molecular formula is C10H11ClO3. The maximum atomic E-state index is 10.4. The van der Waals surface area contributed by atoms with Crippen LogP contribution in [0.4, 0.5) is 0 Å². The summed E-state index contributed by atoms with van der Waals surface area (Å²) in [4.78, 5) is 10.4. The van der Waals surface area contributed by atoms with Gasteiger partial charge in [-0.2, -0.15) is 0 Å². The lowest BCUT2D eigenvalue weighted by molar-refractivity contribution is -0.138. The van der Waals surface area contributed by atoms with E-state index in [1.165, 1.54) is 0 Å². The first-order valence-corrected chi connectivity index (χ1v) is 4.60. The molecule has 0 aliphatic rings. The Labute approximate surface area is 87.3 Å². The van der Waals surface area contributed by atoms with Gasteiger partial charge in [0.1, 0.15) is 11.9 Å². The van der Waals surface area contributed by atoms with Crippen LogP contribution in [0.2, 0.25) is 5.02 Å². The van der Waals surface area contributed by atoms with Gasteiger partial charge in [-0.15, -0.1) is 0 Å². The van der Waals surface area contributed by atoms with Crippen LogP contribution in [0.25, 0.3) is 0 Å². The zero-order valence-corrected chi connectivity index (χ0v) is 8.49. The van der Waals surface area contributed by atoms with E-state index in [4.69, 9.17) is 21.4 Å². The predicted molar refractivity (Wildman–Crippen MR) is 53.8 cm³/mol. The van der Waals surface area contributed by atoms with Crippen molar-refractivity contribution >= 4 is 17.6 Å². The van der Waals surface area contributed by atoms with Crippen LogP contribution in [0.1, 0.15) is 13.3 Å². The highest BCUT2D eigenvalue weighted by Crippen LogP contribution is 2.24. The molecule has 0 spiro atoms. The number of halogens is 1. The zero-order chi connectivity index (χ0) is 10.6. The summed E-state index contributed by atoms with van der Waals surface area (Å²) in [7, 11) is 0. The van der Waals surface area contributed by atoms with E-state index in [0.29, 0.717) is 10.8 Å². The number of carbonyl (C=O) groups is 1. The second-order valence-electron chi connectivity index (χ2n) is 2.96. The van der Waals surface area contributed by atoms with Crippen LogP contribution in [-0.4, -0.2) is 17.2 Å². The van der Waals surface area contributed by atoms with Crippen molar-refractivity contribution in [2.24, 2.45) is 0 Å². The third-order valence-electron chi connectivity index (χ3n) is 1.63. The average Bonchev–Trinajstić information content (AvgIpc) is 2.07. The third-order valence-corrected chi connectivity index (χ3v) is 1.94. The van der Waals surface area contributed by atoms with Crippen LogP contribution in [0.15, 0.2) is 24.3 Å². The van der Waals surface area contributed by atoms with Crippen LogP contribution < -0.4 is 4.74 Å². The Morgan fingerprint density at radius 1 is 1.57 bits per heavy atom. The molecule has 0 radical (unpaired) electrons. The SMILES string of the molecule is C[C@@H](CC(=O)O)Oc1ccccc1Cl. The molecule has 1 N–H and O–H groups in total. The number of ether oxygens (including phenoxy) is 1. The first-order valence-electron chi connectivity index (χ1n) is 4.22. The molecule has 0 saturated heterocycles. The monoisotopic (exact) mass is 214 g/mol. The highest BCUT2D eigenvalue weighted by atomic mass is 35.5. The Morgan fingerprint density at radius 2 is 2.21 bits per heavy atom. The number of rotatable bonds is 4. The highest BCUT2D eigenvalue weighted by molar-refractivity contribution is 6.32. The van der Waals surface area contributed by atoms with Crippen molar-refractivity contribution in [3.05, 3.63) is 29.3 Å². The molecule has 0 aliphatic heterocycles. The molecule has 76 valence electrons. The van der Waals surface area contributed by atoms with Crippen LogP contribution in [-0.2, 0) is 4.79 Å². The summed E-state index contributed by atoms with van der Waals surface area (Å²) in [6, 6.07) is 6.98. The second-order valence-corrected chi connectivity index (χ2v) is 3.36. The Bertz CT molecular complexity index is 325. The molecule has 1 atom stereocenters. The van der Waals surface area contributed by atoms with E-state index in [1.807, 2.05) is 0 Å². The number of benzene rings is 1. The Kier molecular flexibility index (Phi) is 3.77. The van der Waals surface area contributed by atoms with Gasteiger partial charge in [-0.05, 0) is 19.1 Å². The number of hydrogen-bond donors (Lipinski definition) is 1. The molecule has 1 rings (SSSR count). The van der Waals surface area contributed by atoms with Gasteiger partial charge in [0, 0.05) is 0 Å². The largest absolute Gasteiger partial charge is 0.489 e. The normalized spacial score (nSPS) is 12.1. The zero-order valence-electron chi connectivity index (χ0n) is 7.74. The van der Waals surface area contributed by atoms with Crippen molar-refractivity contribution in [2.45, 2.75) is 19.4 Å². The van der Waals surface area contributed by atoms with Gasteiger partial charge in [0.25, 0.3) is 0 Å². The third kappa shape index (κ3) is 3.26. The van der Waals surface area contributed by atoms with E-state index < -0.39 is 5.97 Å². The minimum Gasteiger partial charge on any atom is -0.489 e. The molecule has 0 aromatic heterocycles. The summed E-state index contributed by atoms with van der Waals surface area (Å²) in [5, 5.41) is 9.01. The Balaban J connectivity index is 2.60. The number of para-hydroxylation sites is 1. The molecule has 3 nitrogen and oxygen atoms in total. The van der Waals surface area contributed by atoms with Crippen molar-refractivity contribution in [2.75, 3.05) is 0 Å². The Morgan fingerprint density at radius 3 is 2.79 bits per heavy atom. The summed E-state index contributed by atoms with van der Waals surface area (Å²) in [5.74, 6) is -0.368. The minimum atomic E-state index is -0.885. The first kappa shape index (κ1) is 10.9. The minimum absolute atomic E-state index is 0.0365.